The molecule has 2 aromatic heterocycles. The minimum absolute atomic E-state index is 0.149. The van der Waals surface area contributed by atoms with Gasteiger partial charge in [0.05, 0.1) is 19.0 Å². The highest BCUT2D eigenvalue weighted by atomic mass is 32.5. The second kappa shape index (κ2) is 6.39. The number of rotatable bonds is 6. The Morgan fingerprint density at radius 2 is 1.53 bits per heavy atom. The van der Waals surface area contributed by atoms with E-state index >= 15 is 0 Å². The lowest BCUT2D eigenvalue weighted by atomic mass is 10.2. The minimum atomic E-state index is -9.74. The highest BCUT2D eigenvalue weighted by Gasteiger charge is 2.65. The number of halogens is 5. The first-order valence-electron chi connectivity index (χ1n) is 8.72. The summed E-state index contributed by atoms with van der Waals surface area (Å²) in [6.45, 7) is 0.311. The van der Waals surface area contributed by atoms with Crippen LogP contribution in [0.2, 0.25) is 0 Å². The zero-order chi connectivity index (χ0) is 21.5. The molecule has 11 heteroatoms. The summed E-state index contributed by atoms with van der Waals surface area (Å²) in [5, 5.41) is 7.88. The summed E-state index contributed by atoms with van der Waals surface area (Å²) in [7, 11) is -9.74. The van der Waals surface area contributed by atoms with E-state index in [-0.39, 0.29) is 17.3 Å². The maximum Gasteiger partial charge on any atom is 0.310 e. The van der Waals surface area contributed by atoms with E-state index in [0.717, 1.165) is 17.7 Å². The third-order valence-electron chi connectivity index (χ3n) is 4.32. The molecule has 0 aliphatic carbocycles. The van der Waals surface area contributed by atoms with Crippen LogP contribution in [-0.4, -0.2) is 26.2 Å². The van der Waals surface area contributed by atoms with Crippen LogP contribution in [0.4, 0.5) is 19.4 Å². The van der Waals surface area contributed by atoms with E-state index in [0.29, 0.717) is 30.8 Å². The van der Waals surface area contributed by atoms with Crippen LogP contribution in [-0.2, 0) is 6.42 Å². The van der Waals surface area contributed by atoms with Gasteiger partial charge in [-0.05, 0) is 29.8 Å². The molecule has 0 saturated carbocycles. The van der Waals surface area contributed by atoms with E-state index < -0.39 is 15.1 Å². The van der Waals surface area contributed by atoms with Crippen LogP contribution in [0.5, 0.6) is 5.88 Å². The third-order valence-corrected chi connectivity index (χ3v) is 5.49. The van der Waals surface area contributed by atoms with Gasteiger partial charge in [0, 0.05) is 12.0 Å². The van der Waals surface area contributed by atoms with Gasteiger partial charge in [0.2, 0.25) is 5.88 Å². The van der Waals surface area contributed by atoms with Gasteiger partial charge in [-0.1, -0.05) is 49.8 Å². The SMILES string of the molecule is FS(F)(F)(F)(F)c1ccc(-c2nnc3cncc(OCCc4ccccc4)n23)cc1. The van der Waals surface area contributed by atoms with Crippen LogP contribution in [0, 0.1) is 0 Å². The average Bonchev–Trinajstić information content (AvgIpc) is 3.12. The number of hydrogen-bond acceptors (Lipinski definition) is 4. The number of fused-ring (bicyclic) bond motifs is 1. The van der Waals surface area contributed by atoms with Gasteiger partial charge in [-0.3, -0.25) is 4.98 Å². The lowest BCUT2D eigenvalue weighted by Gasteiger charge is -2.40. The molecule has 4 aromatic rings. The Hall–Kier alpha value is -3.21. The van der Waals surface area contributed by atoms with E-state index in [1.807, 2.05) is 30.3 Å². The molecule has 0 radical (unpaired) electrons. The molecule has 0 aliphatic rings. The van der Waals surface area contributed by atoms with Gasteiger partial charge in [-0.25, -0.2) is 4.40 Å². The standard InChI is InChI=1S/C19H15F5N4OS/c20-30(21,22,23,24)16-8-6-15(7-9-16)19-27-26-17-12-25-13-18(28(17)19)29-11-10-14-4-2-1-3-5-14/h1-9,12-13H,10-11H2. The number of aromatic nitrogens is 4. The molecular weight excluding hydrogens is 427 g/mol. The molecule has 0 aliphatic heterocycles. The fourth-order valence-electron chi connectivity index (χ4n) is 2.89. The lowest BCUT2D eigenvalue weighted by molar-refractivity contribution is 0.304. The summed E-state index contributed by atoms with van der Waals surface area (Å²) in [4.78, 5) is 2.05. The van der Waals surface area contributed by atoms with Gasteiger partial charge in [0.25, 0.3) is 0 Å². The van der Waals surface area contributed by atoms with E-state index in [2.05, 4.69) is 15.2 Å². The Morgan fingerprint density at radius 1 is 0.833 bits per heavy atom. The van der Waals surface area contributed by atoms with Gasteiger partial charge in [0.15, 0.2) is 11.5 Å². The number of nitrogens with zero attached hydrogens (tertiary/aromatic N) is 4. The summed E-state index contributed by atoms with van der Waals surface area (Å²) in [6, 6.07) is 12.2. The monoisotopic (exact) mass is 442 g/mol. The van der Waals surface area contributed by atoms with Crippen molar-refractivity contribution in [3.05, 3.63) is 72.6 Å². The van der Waals surface area contributed by atoms with Crippen molar-refractivity contribution in [3.8, 4) is 17.3 Å². The van der Waals surface area contributed by atoms with Crippen molar-refractivity contribution < 1.29 is 24.2 Å². The molecule has 0 amide bonds. The molecule has 0 atom stereocenters. The number of ether oxygens (including phenoxy) is 1. The summed E-state index contributed by atoms with van der Waals surface area (Å²) in [5.74, 6) is 0.427. The second-order valence-corrected chi connectivity index (χ2v) is 8.95. The maximum atomic E-state index is 13.0. The summed E-state index contributed by atoms with van der Waals surface area (Å²) in [5.41, 5.74) is 1.54. The Labute approximate surface area is 167 Å². The molecule has 4 rings (SSSR count). The zero-order valence-electron chi connectivity index (χ0n) is 15.3. The Bertz CT molecular complexity index is 1200. The summed E-state index contributed by atoms with van der Waals surface area (Å²) >= 11 is 0. The molecule has 0 N–H and O–H groups in total. The van der Waals surface area contributed by atoms with E-state index in [4.69, 9.17) is 4.74 Å². The summed E-state index contributed by atoms with van der Waals surface area (Å²) in [6.07, 6.45) is 3.45. The van der Waals surface area contributed by atoms with Crippen molar-refractivity contribution in [3.63, 3.8) is 0 Å². The van der Waals surface area contributed by atoms with Gasteiger partial charge in [-0.2, -0.15) is 0 Å². The second-order valence-electron chi connectivity index (χ2n) is 6.54. The maximum absolute atomic E-state index is 13.0. The van der Waals surface area contributed by atoms with Crippen LogP contribution >= 0.6 is 10.2 Å². The molecule has 0 unspecified atom stereocenters. The molecule has 0 fully saturated rings. The molecule has 0 bridgehead atoms. The van der Waals surface area contributed by atoms with Gasteiger partial charge >= 0.3 is 10.2 Å². The van der Waals surface area contributed by atoms with Crippen molar-refractivity contribution in [2.24, 2.45) is 0 Å². The van der Waals surface area contributed by atoms with Gasteiger partial charge in [-0.15, -0.1) is 10.2 Å². The number of benzene rings is 2. The Morgan fingerprint density at radius 3 is 2.20 bits per heavy atom. The lowest BCUT2D eigenvalue weighted by Crippen LogP contribution is -2.07. The molecule has 0 spiro atoms. The highest BCUT2D eigenvalue weighted by molar-refractivity contribution is 8.45. The highest BCUT2D eigenvalue weighted by Crippen LogP contribution is 3.02. The van der Waals surface area contributed by atoms with Crippen molar-refractivity contribution in [2.75, 3.05) is 6.61 Å². The van der Waals surface area contributed by atoms with E-state index in [1.54, 1.807) is 0 Å². The van der Waals surface area contributed by atoms with E-state index in [9.17, 15) is 19.4 Å². The molecule has 5 nitrogen and oxygen atoms in total. The quantitative estimate of drug-likeness (QED) is 0.340. The predicted molar refractivity (Wildman–Crippen MR) is 103 cm³/mol. The first kappa shape index (κ1) is 20.1. The topological polar surface area (TPSA) is 52.3 Å². The van der Waals surface area contributed by atoms with Crippen LogP contribution < -0.4 is 4.74 Å². The molecular formula is C19H15F5N4OS. The Balaban J connectivity index is 1.64. The first-order chi connectivity index (χ1) is 14.0. The van der Waals surface area contributed by atoms with Crippen LogP contribution in [0.25, 0.3) is 17.0 Å². The Kier molecular flexibility index (Phi) is 4.28. The minimum Gasteiger partial charge on any atom is -0.477 e. The molecule has 0 saturated heterocycles. The molecule has 2 heterocycles. The molecule has 30 heavy (non-hydrogen) atoms. The van der Waals surface area contributed by atoms with Crippen LogP contribution in [0.1, 0.15) is 5.56 Å². The summed E-state index contributed by atoms with van der Waals surface area (Å²) < 4.78 is 72.0. The van der Waals surface area contributed by atoms with Gasteiger partial charge in [0.1, 0.15) is 4.90 Å². The fourth-order valence-corrected chi connectivity index (χ4v) is 3.54. The van der Waals surface area contributed by atoms with Crippen LogP contribution in [0.15, 0.2) is 71.9 Å². The number of hydrogen-bond donors (Lipinski definition) is 0. The molecule has 158 valence electrons. The first-order valence-corrected chi connectivity index (χ1v) is 10.7. The van der Waals surface area contributed by atoms with Crippen molar-refractivity contribution in [2.45, 2.75) is 11.3 Å². The normalized spacial score (nSPS) is 14.3. The van der Waals surface area contributed by atoms with Crippen molar-refractivity contribution in [1.82, 2.24) is 19.6 Å². The van der Waals surface area contributed by atoms with Crippen molar-refractivity contribution >= 4 is 15.9 Å². The average molecular weight is 442 g/mol. The third kappa shape index (κ3) is 4.20. The predicted octanol–water partition coefficient (Wildman–Crippen LogP) is 6.07. The van der Waals surface area contributed by atoms with E-state index in [1.165, 1.54) is 16.8 Å². The van der Waals surface area contributed by atoms with Gasteiger partial charge < -0.3 is 4.74 Å². The fraction of sp³-hybridized carbons (Fsp3) is 0.105. The zero-order valence-corrected chi connectivity index (χ0v) is 16.1. The smallest absolute Gasteiger partial charge is 0.310 e. The van der Waals surface area contributed by atoms with Crippen LogP contribution in [0.3, 0.4) is 0 Å². The largest absolute Gasteiger partial charge is 0.477 e. The van der Waals surface area contributed by atoms with Crippen molar-refractivity contribution in [1.29, 1.82) is 0 Å². The molecule has 2 aromatic carbocycles.